The molecule has 0 spiro atoms. The molecule has 0 bridgehead atoms. The molecule has 0 saturated carbocycles. The van der Waals surface area contributed by atoms with Crippen molar-refractivity contribution in [1.82, 2.24) is 5.48 Å². The minimum absolute atomic E-state index is 0.187. The van der Waals surface area contributed by atoms with E-state index in [9.17, 15) is 13.6 Å². The van der Waals surface area contributed by atoms with Gasteiger partial charge in [0, 0.05) is 12.2 Å². The zero-order chi connectivity index (χ0) is 10.1. The average molecular weight is 208 g/mol. The van der Waals surface area contributed by atoms with Gasteiger partial charge >= 0.3 is 0 Å². The number of carbonyl (C=O) groups is 1. The predicted molar refractivity (Wildman–Crippen MR) is 46.8 cm³/mol. The minimum Gasteiger partial charge on any atom is -0.772 e. The molecule has 78 valence electrons. The molecule has 2 N–H and O–H groups in total. The minimum atomic E-state index is -1.95. The van der Waals surface area contributed by atoms with Gasteiger partial charge in [-0.25, -0.2) is 5.48 Å². The zero-order valence-corrected chi connectivity index (χ0v) is 8.14. The van der Waals surface area contributed by atoms with Gasteiger partial charge in [0.05, 0.1) is 0 Å². The smallest absolute Gasteiger partial charge is 0.243 e. The van der Waals surface area contributed by atoms with Crippen LogP contribution in [0.2, 0.25) is 0 Å². The van der Waals surface area contributed by atoms with Gasteiger partial charge in [-0.15, -0.1) is 0 Å². The summed E-state index contributed by atoms with van der Waals surface area (Å²) >= 11 is -1.95. The Hall–Kier alpha value is -0.460. The van der Waals surface area contributed by atoms with Crippen molar-refractivity contribution >= 4 is 17.0 Å². The fourth-order valence-electron chi connectivity index (χ4n) is 0.915. The molecule has 5 nitrogen and oxygen atoms in total. The summed E-state index contributed by atoms with van der Waals surface area (Å²) in [6.45, 7) is 0. The molecular formula is C7H14NO4S-. The summed E-state index contributed by atoms with van der Waals surface area (Å²) in [5.41, 5.74) is 1.54. The highest BCUT2D eigenvalue weighted by atomic mass is 32.2. The number of amides is 1. The molecule has 0 aromatic heterocycles. The molecule has 0 heterocycles. The van der Waals surface area contributed by atoms with Gasteiger partial charge in [0.2, 0.25) is 5.91 Å². The van der Waals surface area contributed by atoms with Crippen molar-refractivity contribution in [2.24, 2.45) is 0 Å². The van der Waals surface area contributed by atoms with E-state index in [4.69, 9.17) is 5.21 Å². The standard InChI is InChI=1S/C7H15NO4S/c9-7(8-10)5-3-1-2-4-6-13(11)12/h10H,1-6H2,(H,8,9)(H,11,12)/p-1. The maximum absolute atomic E-state index is 10.5. The molecule has 0 aliphatic rings. The molecule has 1 unspecified atom stereocenters. The summed E-state index contributed by atoms with van der Waals surface area (Å²) in [6.07, 6.45) is 3.21. The average Bonchev–Trinajstić information content (AvgIpc) is 2.10. The van der Waals surface area contributed by atoms with Gasteiger partial charge < -0.3 is 4.55 Å². The third kappa shape index (κ3) is 9.45. The van der Waals surface area contributed by atoms with E-state index in [0.717, 1.165) is 12.8 Å². The summed E-state index contributed by atoms with van der Waals surface area (Å²) in [4.78, 5) is 10.5. The Kier molecular flexibility index (Phi) is 7.86. The Morgan fingerprint density at radius 2 is 1.92 bits per heavy atom. The van der Waals surface area contributed by atoms with Crippen LogP contribution in [0.4, 0.5) is 0 Å². The Balaban J connectivity index is 3.08. The lowest BCUT2D eigenvalue weighted by Gasteiger charge is -2.03. The third-order valence-electron chi connectivity index (χ3n) is 1.59. The topological polar surface area (TPSA) is 89.5 Å². The Morgan fingerprint density at radius 3 is 2.46 bits per heavy atom. The van der Waals surface area contributed by atoms with Gasteiger partial charge in [-0.05, 0) is 12.8 Å². The van der Waals surface area contributed by atoms with E-state index < -0.39 is 17.0 Å². The number of carbonyl (C=O) groups excluding carboxylic acids is 1. The van der Waals surface area contributed by atoms with Crippen LogP contribution >= 0.6 is 0 Å². The third-order valence-corrected chi connectivity index (χ3v) is 2.21. The van der Waals surface area contributed by atoms with E-state index in [1.54, 1.807) is 0 Å². The van der Waals surface area contributed by atoms with Gasteiger partial charge in [-0.3, -0.25) is 14.2 Å². The molecule has 0 aliphatic carbocycles. The molecule has 1 amide bonds. The van der Waals surface area contributed by atoms with Crippen LogP contribution in [0.5, 0.6) is 0 Å². The second-order valence-corrected chi connectivity index (χ2v) is 3.72. The van der Waals surface area contributed by atoms with Crippen LogP contribution in [-0.4, -0.2) is 25.6 Å². The number of hydroxylamine groups is 1. The van der Waals surface area contributed by atoms with Gasteiger partial charge in [-0.1, -0.05) is 23.9 Å². The molecule has 0 rings (SSSR count). The van der Waals surface area contributed by atoms with Crippen LogP contribution in [0.15, 0.2) is 0 Å². The Morgan fingerprint density at radius 1 is 1.31 bits per heavy atom. The van der Waals surface area contributed by atoms with E-state index in [0.29, 0.717) is 12.8 Å². The molecule has 0 fully saturated rings. The van der Waals surface area contributed by atoms with Gasteiger partial charge in [0.15, 0.2) is 0 Å². The molecule has 1 atom stereocenters. The molecule has 6 heteroatoms. The fourth-order valence-corrected chi connectivity index (χ4v) is 1.35. The van der Waals surface area contributed by atoms with E-state index in [-0.39, 0.29) is 12.2 Å². The number of nitrogens with one attached hydrogen (secondary N) is 1. The van der Waals surface area contributed by atoms with Crippen LogP contribution in [0, 0.1) is 0 Å². The van der Waals surface area contributed by atoms with Crippen LogP contribution in [0.25, 0.3) is 0 Å². The molecule has 0 aromatic rings. The highest BCUT2D eigenvalue weighted by Gasteiger charge is 1.97. The zero-order valence-electron chi connectivity index (χ0n) is 7.32. The maximum Gasteiger partial charge on any atom is 0.243 e. The van der Waals surface area contributed by atoms with E-state index in [1.165, 1.54) is 5.48 Å². The van der Waals surface area contributed by atoms with Crippen LogP contribution < -0.4 is 5.48 Å². The largest absolute Gasteiger partial charge is 0.772 e. The summed E-state index contributed by atoms with van der Waals surface area (Å²) in [5, 5.41) is 8.13. The van der Waals surface area contributed by atoms with Crippen molar-refractivity contribution in [2.75, 3.05) is 5.75 Å². The molecule has 0 saturated heterocycles. The van der Waals surface area contributed by atoms with Crippen molar-refractivity contribution in [2.45, 2.75) is 32.1 Å². The SMILES string of the molecule is O=C(CCCCCCS(=O)[O-])NO. The quantitative estimate of drug-likeness (QED) is 0.273. The molecule has 0 aromatic carbocycles. The number of rotatable bonds is 7. The summed E-state index contributed by atoms with van der Waals surface area (Å²) in [7, 11) is 0. The highest BCUT2D eigenvalue weighted by Crippen LogP contribution is 2.03. The Labute approximate surface area is 79.8 Å². The molecular weight excluding hydrogens is 194 g/mol. The lowest BCUT2D eigenvalue weighted by Crippen LogP contribution is -2.17. The van der Waals surface area contributed by atoms with Crippen molar-refractivity contribution < 1.29 is 18.8 Å². The second kappa shape index (κ2) is 8.15. The first-order valence-electron chi connectivity index (χ1n) is 4.15. The summed E-state index contributed by atoms with van der Waals surface area (Å²) in [5.74, 6) is -0.209. The van der Waals surface area contributed by atoms with Crippen LogP contribution in [0.1, 0.15) is 32.1 Å². The molecule has 0 aliphatic heterocycles. The lowest BCUT2D eigenvalue weighted by atomic mass is 10.1. The summed E-state index contributed by atoms with van der Waals surface area (Å²) < 4.78 is 20.2. The first-order valence-corrected chi connectivity index (χ1v) is 5.40. The Bertz CT molecular complexity index is 174. The number of unbranched alkanes of at least 4 members (excludes halogenated alkanes) is 3. The second-order valence-electron chi connectivity index (χ2n) is 2.71. The first kappa shape index (κ1) is 12.5. The van der Waals surface area contributed by atoms with E-state index in [1.807, 2.05) is 0 Å². The summed E-state index contributed by atoms with van der Waals surface area (Å²) in [6, 6.07) is 0. The predicted octanol–water partition coefficient (Wildman–Crippen LogP) is 0.321. The van der Waals surface area contributed by atoms with Gasteiger partial charge in [-0.2, -0.15) is 0 Å². The van der Waals surface area contributed by atoms with Gasteiger partial charge in [0.25, 0.3) is 0 Å². The van der Waals surface area contributed by atoms with E-state index >= 15 is 0 Å². The normalized spacial score (nSPS) is 12.5. The fraction of sp³-hybridized carbons (Fsp3) is 0.857. The lowest BCUT2D eigenvalue weighted by molar-refractivity contribution is -0.129. The van der Waals surface area contributed by atoms with Crippen molar-refractivity contribution in [3.63, 3.8) is 0 Å². The molecule has 0 radical (unpaired) electrons. The molecule has 13 heavy (non-hydrogen) atoms. The highest BCUT2D eigenvalue weighted by molar-refractivity contribution is 7.79. The maximum atomic E-state index is 10.5. The van der Waals surface area contributed by atoms with Crippen molar-refractivity contribution in [3.05, 3.63) is 0 Å². The van der Waals surface area contributed by atoms with Crippen LogP contribution in [0.3, 0.4) is 0 Å². The number of hydrogen-bond donors (Lipinski definition) is 2. The van der Waals surface area contributed by atoms with E-state index in [2.05, 4.69) is 0 Å². The number of hydrogen-bond acceptors (Lipinski definition) is 4. The van der Waals surface area contributed by atoms with Crippen molar-refractivity contribution in [3.8, 4) is 0 Å². The van der Waals surface area contributed by atoms with Crippen molar-refractivity contribution in [1.29, 1.82) is 0 Å². The van der Waals surface area contributed by atoms with Gasteiger partial charge in [0.1, 0.15) is 0 Å². The van der Waals surface area contributed by atoms with Crippen LogP contribution in [-0.2, 0) is 15.9 Å². The monoisotopic (exact) mass is 208 g/mol. The first-order chi connectivity index (χ1) is 6.16.